The van der Waals surface area contributed by atoms with Crippen molar-refractivity contribution in [2.24, 2.45) is 5.92 Å². The molecule has 1 atom stereocenters. The number of nitrogens with zero attached hydrogens (tertiary/aromatic N) is 2. The maximum atomic E-state index is 5.75. The van der Waals surface area contributed by atoms with E-state index in [1.807, 2.05) is 13.2 Å². The molecule has 2 heterocycles. The number of hydrogen-bond acceptors (Lipinski definition) is 4. The summed E-state index contributed by atoms with van der Waals surface area (Å²) in [5.41, 5.74) is 0. The number of likely N-dealkylation sites (N-methyl/N-ethyl adjacent to an activating group) is 1. The van der Waals surface area contributed by atoms with Crippen LogP contribution in [0.4, 0.5) is 0 Å². The molecule has 96 valence electrons. The maximum absolute atomic E-state index is 5.75. The predicted octanol–water partition coefficient (Wildman–Crippen LogP) is 1.32. The average Bonchev–Trinajstić information content (AvgIpc) is 2.74. The summed E-state index contributed by atoms with van der Waals surface area (Å²) in [4.78, 5) is 6.78. The lowest BCUT2D eigenvalue weighted by atomic mass is 9.95. The van der Waals surface area contributed by atoms with Crippen molar-refractivity contribution in [2.75, 3.05) is 33.7 Å². The first-order valence-corrected chi connectivity index (χ1v) is 6.54. The van der Waals surface area contributed by atoms with E-state index in [1.54, 1.807) is 0 Å². The lowest BCUT2D eigenvalue weighted by Gasteiger charge is -2.28. The van der Waals surface area contributed by atoms with Crippen molar-refractivity contribution in [3.05, 3.63) is 17.8 Å². The second kappa shape index (κ2) is 6.17. The highest BCUT2D eigenvalue weighted by molar-refractivity contribution is 4.96. The van der Waals surface area contributed by atoms with Gasteiger partial charge in [0.05, 0.1) is 6.20 Å². The third kappa shape index (κ3) is 3.82. The monoisotopic (exact) mass is 237 g/mol. The second-order valence-corrected chi connectivity index (χ2v) is 5.05. The van der Waals surface area contributed by atoms with Crippen LogP contribution in [0.25, 0.3) is 0 Å². The van der Waals surface area contributed by atoms with Crippen molar-refractivity contribution in [3.8, 4) is 0 Å². The lowest BCUT2D eigenvalue weighted by molar-refractivity contribution is 0.201. The van der Waals surface area contributed by atoms with Crippen LogP contribution in [0.1, 0.15) is 24.5 Å². The number of piperidine rings is 1. The normalized spacial score (nSPS) is 21.9. The average molecular weight is 237 g/mol. The quantitative estimate of drug-likeness (QED) is 0.838. The minimum atomic E-state index is 0.713. The molecule has 1 aromatic rings. The van der Waals surface area contributed by atoms with Crippen LogP contribution in [-0.4, -0.2) is 43.6 Å². The fourth-order valence-electron chi connectivity index (χ4n) is 2.49. The van der Waals surface area contributed by atoms with Gasteiger partial charge in [0.15, 0.2) is 5.89 Å². The molecule has 4 heteroatoms. The summed E-state index contributed by atoms with van der Waals surface area (Å²) < 4.78 is 5.75. The number of likely N-dealkylation sites (tertiary alicyclic amines) is 1. The highest BCUT2D eigenvalue weighted by Crippen LogP contribution is 2.19. The topological polar surface area (TPSA) is 41.3 Å². The summed E-state index contributed by atoms with van der Waals surface area (Å²) in [5.74, 6) is 2.62. The number of oxazole rings is 1. The van der Waals surface area contributed by atoms with Gasteiger partial charge in [0, 0.05) is 25.9 Å². The number of aromatic nitrogens is 1. The smallest absolute Gasteiger partial charge is 0.194 e. The second-order valence-electron chi connectivity index (χ2n) is 5.05. The Kier molecular flexibility index (Phi) is 4.57. The first kappa shape index (κ1) is 12.6. The molecule has 0 saturated carbocycles. The van der Waals surface area contributed by atoms with Gasteiger partial charge in [-0.15, -0.1) is 0 Å². The van der Waals surface area contributed by atoms with E-state index >= 15 is 0 Å². The Balaban J connectivity index is 1.83. The van der Waals surface area contributed by atoms with Gasteiger partial charge >= 0.3 is 0 Å². The van der Waals surface area contributed by atoms with Gasteiger partial charge in [0.2, 0.25) is 0 Å². The molecule has 0 spiro atoms. The molecule has 1 aliphatic heterocycles. The molecule has 1 fully saturated rings. The molecular weight excluding hydrogens is 214 g/mol. The zero-order chi connectivity index (χ0) is 12.1. The van der Waals surface area contributed by atoms with Crippen LogP contribution in [-0.2, 0) is 12.8 Å². The van der Waals surface area contributed by atoms with Crippen LogP contribution in [0.2, 0.25) is 0 Å². The van der Waals surface area contributed by atoms with Gasteiger partial charge in [0.25, 0.3) is 0 Å². The Morgan fingerprint density at radius 3 is 3.24 bits per heavy atom. The van der Waals surface area contributed by atoms with E-state index < -0.39 is 0 Å². The zero-order valence-electron chi connectivity index (χ0n) is 10.9. The molecule has 0 aromatic carbocycles. The minimum absolute atomic E-state index is 0.713. The third-order valence-corrected chi connectivity index (χ3v) is 3.41. The summed E-state index contributed by atoms with van der Waals surface area (Å²) >= 11 is 0. The molecule has 1 aliphatic rings. The molecule has 0 radical (unpaired) electrons. The molecule has 1 saturated heterocycles. The van der Waals surface area contributed by atoms with Crippen molar-refractivity contribution in [3.63, 3.8) is 0 Å². The van der Waals surface area contributed by atoms with Crippen molar-refractivity contribution >= 4 is 0 Å². The fourth-order valence-corrected chi connectivity index (χ4v) is 2.49. The summed E-state index contributed by atoms with van der Waals surface area (Å²) in [6, 6.07) is 0. The fraction of sp³-hybridized carbons (Fsp3) is 0.769. The molecule has 0 bridgehead atoms. The third-order valence-electron chi connectivity index (χ3n) is 3.41. The van der Waals surface area contributed by atoms with E-state index in [0.29, 0.717) is 5.92 Å². The van der Waals surface area contributed by atoms with Gasteiger partial charge in [-0.1, -0.05) is 0 Å². The molecule has 1 aromatic heterocycles. The Morgan fingerprint density at radius 1 is 1.59 bits per heavy atom. The van der Waals surface area contributed by atoms with E-state index in [0.717, 1.165) is 31.0 Å². The van der Waals surface area contributed by atoms with Crippen LogP contribution >= 0.6 is 0 Å². The molecule has 17 heavy (non-hydrogen) atoms. The summed E-state index contributed by atoms with van der Waals surface area (Å²) in [6.45, 7) is 3.35. The van der Waals surface area contributed by atoms with Crippen LogP contribution in [0, 0.1) is 5.92 Å². The highest BCUT2D eigenvalue weighted by Gasteiger charge is 2.19. The highest BCUT2D eigenvalue weighted by atomic mass is 16.4. The van der Waals surface area contributed by atoms with Gasteiger partial charge < -0.3 is 14.6 Å². The molecule has 2 rings (SSSR count). The van der Waals surface area contributed by atoms with Crippen LogP contribution in [0.3, 0.4) is 0 Å². The molecule has 1 unspecified atom stereocenters. The van der Waals surface area contributed by atoms with Gasteiger partial charge in [-0.2, -0.15) is 0 Å². The van der Waals surface area contributed by atoms with Crippen molar-refractivity contribution in [1.29, 1.82) is 0 Å². The largest absolute Gasteiger partial charge is 0.446 e. The molecule has 0 amide bonds. The molecule has 0 aliphatic carbocycles. The van der Waals surface area contributed by atoms with E-state index in [-0.39, 0.29) is 0 Å². The van der Waals surface area contributed by atoms with Crippen molar-refractivity contribution in [1.82, 2.24) is 15.2 Å². The van der Waals surface area contributed by atoms with E-state index in [4.69, 9.17) is 4.42 Å². The van der Waals surface area contributed by atoms with Crippen LogP contribution < -0.4 is 5.32 Å². The number of hydrogen-bond donors (Lipinski definition) is 1. The maximum Gasteiger partial charge on any atom is 0.194 e. The standard InChI is InChI=1S/C13H23N3O/c1-14-6-5-12-9-15-13(17-12)8-11-4-3-7-16(2)10-11/h9,11,14H,3-8,10H2,1-2H3. The molecule has 4 nitrogen and oxygen atoms in total. The van der Waals surface area contributed by atoms with Gasteiger partial charge in [0.1, 0.15) is 5.76 Å². The Morgan fingerprint density at radius 2 is 2.47 bits per heavy atom. The Hall–Kier alpha value is -0.870. The summed E-state index contributed by atoms with van der Waals surface area (Å²) in [6.07, 6.45) is 6.39. The first-order chi connectivity index (χ1) is 8.28. The van der Waals surface area contributed by atoms with Crippen LogP contribution in [0.15, 0.2) is 10.6 Å². The van der Waals surface area contributed by atoms with Crippen molar-refractivity contribution in [2.45, 2.75) is 25.7 Å². The van der Waals surface area contributed by atoms with E-state index in [1.165, 1.54) is 25.9 Å². The minimum Gasteiger partial charge on any atom is -0.446 e. The van der Waals surface area contributed by atoms with Gasteiger partial charge in [-0.25, -0.2) is 4.98 Å². The Labute approximate surface area is 103 Å². The van der Waals surface area contributed by atoms with Crippen LogP contribution in [0.5, 0.6) is 0 Å². The first-order valence-electron chi connectivity index (χ1n) is 6.54. The lowest BCUT2D eigenvalue weighted by Crippen LogP contribution is -2.33. The Bertz CT molecular complexity index is 337. The van der Waals surface area contributed by atoms with Crippen molar-refractivity contribution < 1.29 is 4.42 Å². The van der Waals surface area contributed by atoms with E-state index in [9.17, 15) is 0 Å². The summed E-state index contributed by atoms with van der Waals surface area (Å²) in [7, 11) is 4.15. The number of rotatable bonds is 5. The van der Waals surface area contributed by atoms with E-state index in [2.05, 4.69) is 22.2 Å². The van der Waals surface area contributed by atoms with Gasteiger partial charge in [-0.3, -0.25) is 0 Å². The molecular formula is C13H23N3O. The summed E-state index contributed by atoms with van der Waals surface area (Å²) in [5, 5.41) is 3.12. The molecule has 1 N–H and O–H groups in total. The predicted molar refractivity (Wildman–Crippen MR) is 68.1 cm³/mol. The van der Waals surface area contributed by atoms with Gasteiger partial charge in [-0.05, 0) is 39.4 Å². The zero-order valence-corrected chi connectivity index (χ0v) is 10.9. The SMILES string of the molecule is CNCCc1cnc(CC2CCCN(C)C2)o1. The number of nitrogens with one attached hydrogen (secondary N) is 1.